The van der Waals surface area contributed by atoms with Gasteiger partial charge in [-0.05, 0) is 32.4 Å². The largest absolute Gasteiger partial charge is 0.504 e. The Bertz CT molecular complexity index is 878. The van der Waals surface area contributed by atoms with Crippen LogP contribution in [0.3, 0.4) is 0 Å². The van der Waals surface area contributed by atoms with E-state index in [9.17, 15) is 9.90 Å². The van der Waals surface area contributed by atoms with Gasteiger partial charge in [0.2, 0.25) is 5.91 Å². The number of aryl methyl sites for hydroxylation is 2. The summed E-state index contributed by atoms with van der Waals surface area (Å²) in [5.74, 6) is 0.493. The third-order valence-corrected chi connectivity index (χ3v) is 5.05. The molecule has 1 fully saturated rings. The van der Waals surface area contributed by atoms with Gasteiger partial charge in [-0.15, -0.1) is 0 Å². The number of aromatic nitrogens is 2. The van der Waals surface area contributed by atoms with Gasteiger partial charge in [-0.2, -0.15) is 0 Å². The first kappa shape index (κ1) is 17.7. The molecule has 2 aliphatic rings. The van der Waals surface area contributed by atoms with Crippen molar-refractivity contribution in [3.63, 3.8) is 0 Å². The Hall–Kier alpha value is -2.67. The van der Waals surface area contributed by atoms with E-state index in [1.807, 2.05) is 19.9 Å². The molecule has 0 spiro atoms. The molecule has 1 atom stereocenters. The maximum absolute atomic E-state index is 12.8. The average molecular weight is 369 g/mol. The number of rotatable bonds is 2. The summed E-state index contributed by atoms with van der Waals surface area (Å²) in [6, 6.07) is 3.58. The fourth-order valence-electron chi connectivity index (χ4n) is 3.62. The Labute approximate surface area is 158 Å². The second-order valence-electron chi connectivity index (χ2n) is 7.10. The molecule has 0 saturated carbocycles. The van der Waals surface area contributed by atoms with Gasteiger partial charge >= 0.3 is 0 Å². The minimum Gasteiger partial charge on any atom is -0.504 e. The minimum absolute atomic E-state index is 0.0590. The van der Waals surface area contributed by atoms with Crippen LogP contribution in [0, 0.1) is 19.8 Å². The van der Waals surface area contributed by atoms with Crippen LogP contribution in [0.5, 0.6) is 11.5 Å². The van der Waals surface area contributed by atoms with Gasteiger partial charge in [-0.25, -0.2) is 4.98 Å². The first-order valence-corrected chi connectivity index (χ1v) is 9.19. The molecule has 7 heteroatoms. The molecule has 142 valence electrons. The van der Waals surface area contributed by atoms with Gasteiger partial charge in [-0.3, -0.25) is 9.78 Å². The third kappa shape index (κ3) is 3.47. The number of hydrogen-bond acceptors (Lipinski definition) is 6. The lowest BCUT2D eigenvalue weighted by atomic mass is 10.0. The molecule has 1 unspecified atom stereocenters. The van der Waals surface area contributed by atoms with Crippen molar-refractivity contribution >= 4 is 5.91 Å². The average Bonchev–Trinajstić information content (AvgIpc) is 3.10. The van der Waals surface area contributed by atoms with Crippen LogP contribution < -0.4 is 4.74 Å². The first-order valence-electron chi connectivity index (χ1n) is 9.19. The van der Waals surface area contributed by atoms with Crippen LogP contribution in [0.4, 0.5) is 0 Å². The Morgan fingerprint density at radius 2 is 2.15 bits per heavy atom. The highest BCUT2D eigenvalue weighted by Crippen LogP contribution is 2.38. The van der Waals surface area contributed by atoms with E-state index in [-0.39, 0.29) is 17.6 Å². The summed E-state index contributed by atoms with van der Waals surface area (Å²) in [4.78, 5) is 23.5. The fourth-order valence-corrected chi connectivity index (χ4v) is 3.62. The Balaban J connectivity index is 1.69. The van der Waals surface area contributed by atoms with Crippen LogP contribution in [0.15, 0.2) is 18.3 Å². The smallest absolute Gasteiger partial charge is 0.228 e. The van der Waals surface area contributed by atoms with Crippen LogP contribution in [0.2, 0.25) is 0 Å². The van der Waals surface area contributed by atoms with Gasteiger partial charge in [0.05, 0.1) is 36.2 Å². The summed E-state index contributed by atoms with van der Waals surface area (Å²) >= 11 is 0. The topological polar surface area (TPSA) is 84.8 Å². The Morgan fingerprint density at radius 1 is 1.30 bits per heavy atom. The number of phenolic OH excluding ortho intramolecular Hbond substituents is 1. The molecular formula is C20H23N3O4. The zero-order valence-electron chi connectivity index (χ0n) is 15.6. The molecular weight excluding hydrogens is 346 g/mol. The second kappa shape index (κ2) is 7.15. The van der Waals surface area contributed by atoms with E-state index in [1.54, 1.807) is 17.2 Å². The molecule has 0 aliphatic carbocycles. The van der Waals surface area contributed by atoms with Crippen molar-refractivity contribution < 1.29 is 19.4 Å². The minimum atomic E-state index is -0.0896. The highest BCUT2D eigenvalue weighted by molar-refractivity contribution is 5.79. The monoisotopic (exact) mass is 369 g/mol. The number of amides is 1. The number of carbonyl (C=O) groups excluding carboxylic acids is 1. The number of benzene rings is 1. The van der Waals surface area contributed by atoms with E-state index in [1.165, 1.54) is 0 Å². The van der Waals surface area contributed by atoms with Crippen LogP contribution >= 0.6 is 0 Å². The molecule has 1 aromatic heterocycles. The van der Waals surface area contributed by atoms with Gasteiger partial charge in [0.15, 0.2) is 11.5 Å². The van der Waals surface area contributed by atoms with Gasteiger partial charge < -0.3 is 19.5 Å². The lowest BCUT2D eigenvalue weighted by molar-refractivity contribution is -0.136. The Morgan fingerprint density at radius 3 is 2.93 bits per heavy atom. The first-order chi connectivity index (χ1) is 13.0. The molecule has 1 N–H and O–H groups in total. The predicted molar refractivity (Wildman–Crippen MR) is 98.4 cm³/mol. The number of carbonyl (C=O) groups is 1. The molecule has 1 saturated heterocycles. The van der Waals surface area contributed by atoms with Gasteiger partial charge in [0.1, 0.15) is 6.61 Å². The third-order valence-electron chi connectivity index (χ3n) is 5.05. The van der Waals surface area contributed by atoms with Gasteiger partial charge in [-0.1, -0.05) is 0 Å². The lowest BCUT2D eigenvalue weighted by Crippen LogP contribution is -2.37. The molecule has 2 aliphatic heterocycles. The summed E-state index contributed by atoms with van der Waals surface area (Å²) in [6.45, 7) is 6.11. The van der Waals surface area contributed by atoms with Crippen molar-refractivity contribution in [1.29, 1.82) is 0 Å². The number of phenols is 1. The number of aromatic hydroxyl groups is 1. The highest BCUT2D eigenvalue weighted by atomic mass is 16.5. The SMILES string of the molecule is Cc1cnc(C)c(-c2cc(O)c3c(c2)CN(C(=O)C2CCOC2)CCO3)n1. The molecule has 2 aromatic rings. The summed E-state index contributed by atoms with van der Waals surface area (Å²) < 4.78 is 11.1. The highest BCUT2D eigenvalue weighted by Gasteiger charge is 2.30. The van der Waals surface area contributed by atoms with E-state index in [0.717, 1.165) is 34.6 Å². The molecule has 0 radical (unpaired) electrons. The van der Waals surface area contributed by atoms with Crippen molar-refractivity contribution in [3.05, 3.63) is 35.3 Å². The summed E-state index contributed by atoms with van der Waals surface area (Å²) in [5.41, 5.74) is 3.85. The molecule has 4 rings (SSSR count). The van der Waals surface area contributed by atoms with E-state index in [0.29, 0.717) is 38.7 Å². The number of nitrogens with zero attached hydrogens (tertiary/aromatic N) is 3. The fraction of sp³-hybridized carbons (Fsp3) is 0.450. The zero-order chi connectivity index (χ0) is 19.0. The van der Waals surface area contributed by atoms with E-state index < -0.39 is 0 Å². The van der Waals surface area contributed by atoms with Crippen LogP contribution in [-0.2, 0) is 16.1 Å². The number of fused-ring (bicyclic) bond motifs is 1. The van der Waals surface area contributed by atoms with Crippen molar-refractivity contribution in [1.82, 2.24) is 14.9 Å². The number of hydrogen-bond donors (Lipinski definition) is 1. The summed E-state index contributed by atoms with van der Waals surface area (Å²) in [5, 5.41) is 10.5. The molecule has 27 heavy (non-hydrogen) atoms. The summed E-state index contributed by atoms with van der Waals surface area (Å²) in [6.07, 6.45) is 2.47. The number of ether oxygens (including phenoxy) is 2. The maximum Gasteiger partial charge on any atom is 0.228 e. The van der Waals surface area contributed by atoms with E-state index in [2.05, 4.69) is 9.97 Å². The second-order valence-corrected chi connectivity index (χ2v) is 7.10. The van der Waals surface area contributed by atoms with E-state index in [4.69, 9.17) is 9.47 Å². The molecule has 1 amide bonds. The zero-order valence-corrected chi connectivity index (χ0v) is 15.6. The van der Waals surface area contributed by atoms with Gasteiger partial charge in [0, 0.05) is 30.5 Å². The Kier molecular flexibility index (Phi) is 4.70. The standard InChI is InChI=1S/C20H23N3O4/c1-12-9-21-13(2)18(22-12)15-7-16-10-23(20(25)14-3-5-26-11-14)4-6-27-19(16)17(24)8-15/h7-9,14,24H,3-6,10-11H2,1-2H3. The predicted octanol–water partition coefficient (Wildman–Crippen LogP) is 2.22. The molecule has 0 bridgehead atoms. The van der Waals surface area contributed by atoms with Gasteiger partial charge in [0.25, 0.3) is 0 Å². The van der Waals surface area contributed by atoms with Crippen molar-refractivity contribution in [2.45, 2.75) is 26.8 Å². The quantitative estimate of drug-likeness (QED) is 0.874. The maximum atomic E-state index is 12.8. The van der Waals surface area contributed by atoms with Crippen molar-refractivity contribution in [2.75, 3.05) is 26.4 Å². The molecule has 3 heterocycles. The lowest BCUT2D eigenvalue weighted by Gasteiger charge is -2.23. The van der Waals surface area contributed by atoms with Crippen molar-refractivity contribution in [2.24, 2.45) is 5.92 Å². The van der Waals surface area contributed by atoms with Crippen molar-refractivity contribution in [3.8, 4) is 22.8 Å². The van der Waals surface area contributed by atoms with Crippen LogP contribution in [-0.4, -0.2) is 52.2 Å². The van der Waals surface area contributed by atoms with Crippen LogP contribution in [0.1, 0.15) is 23.4 Å². The molecule has 7 nitrogen and oxygen atoms in total. The normalized spacial score (nSPS) is 19.3. The van der Waals surface area contributed by atoms with E-state index >= 15 is 0 Å². The molecule has 1 aromatic carbocycles. The van der Waals surface area contributed by atoms with Crippen LogP contribution in [0.25, 0.3) is 11.3 Å². The summed E-state index contributed by atoms with van der Waals surface area (Å²) in [7, 11) is 0.